The number of para-hydroxylation sites is 1. The van der Waals surface area contributed by atoms with Crippen LogP contribution in [0.5, 0.6) is 17.2 Å². The maximum absolute atomic E-state index is 11.8. The molecule has 5 heteroatoms. The quantitative estimate of drug-likeness (QED) is 0.443. The van der Waals surface area contributed by atoms with Crippen molar-refractivity contribution in [1.29, 1.82) is 0 Å². The maximum atomic E-state index is 11.8. The molecule has 0 bridgehead atoms. The third-order valence-electron chi connectivity index (χ3n) is 3.36. The molecular formula is C16H15NO3S. The average Bonchev–Trinajstić information content (AvgIpc) is 2.52. The first-order valence-electron chi connectivity index (χ1n) is 6.65. The third kappa shape index (κ3) is 2.75. The number of ether oxygens (including phenoxy) is 2. The zero-order valence-corrected chi connectivity index (χ0v) is 12.2. The lowest BCUT2D eigenvalue weighted by Crippen LogP contribution is -2.36. The van der Waals surface area contributed by atoms with Crippen LogP contribution in [-0.2, 0) is 11.2 Å². The molecule has 2 N–H and O–H groups in total. The van der Waals surface area contributed by atoms with Gasteiger partial charge in [-0.05, 0) is 23.8 Å². The second-order valence-corrected chi connectivity index (χ2v) is 5.19. The molecular weight excluding hydrogens is 286 g/mol. The Morgan fingerprint density at radius 3 is 2.81 bits per heavy atom. The van der Waals surface area contributed by atoms with Crippen molar-refractivity contribution in [2.45, 2.75) is 12.5 Å². The molecule has 21 heavy (non-hydrogen) atoms. The minimum absolute atomic E-state index is 0.243. The molecule has 1 atom stereocenters. The number of hydrogen-bond donors (Lipinski definition) is 2. The SMILES string of the molecule is N[C@@H](CS)C(=O)Oc1cccc2c1Cc1ccccc1O2. The van der Waals surface area contributed by atoms with E-state index in [0.717, 1.165) is 16.9 Å². The first-order chi connectivity index (χ1) is 10.2. The van der Waals surface area contributed by atoms with Gasteiger partial charge in [-0.15, -0.1) is 0 Å². The summed E-state index contributed by atoms with van der Waals surface area (Å²) in [4.78, 5) is 11.8. The van der Waals surface area contributed by atoms with Gasteiger partial charge in [0.15, 0.2) is 0 Å². The number of carbonyl (C=O) groups is 1. The van der Waals surface area contributed by atoms with Crippen LogP contribution in [0.3, 0.4) is 0 Å². The molecule has 1 aliphatic heterocycles. The van der Waals surface area contributed by atoms with Crippen molar-refractivity contribution in [2.24, 2.45) is 5.73 Å². The Labute approximate surface area is 128 Å². The van der Waals surface area contributed by atoms with Gasteiger partial charge in [0.2, 0.25) is 0 Å². The topological polar surface area (TPSA) is 61.6 Å². The fourth-order valence-electron chi connectivity index (χ4n) is 2.23. The van der Waals surface area contributed by atoms with Crippen molar-refractivity contribution in [2.75, 3.05) is 5.75 Å². The van der Waals surface area contributed by atoms with E-state index in [1.54, 1.807) is 12.1 Å². The van der Waals surface area contributed by atoms with E-state index < -0.39 is 12.0 Å². The summed E-state index contributed by atoms with van der Waals surface area (Å²) in [5.41, 5.74) is 7.55. The van der Waals surface area contributed by atoms with Gasteiger partial charge in [-0.1, -0.05) is 24.3 Å². The second kappa shape index (κ2) is 5.79. The average molecular weight is 301 g/mol. The summed E-state index contributed by atoms with van der Waals surface area (Å²) in [5.74, 6) is 1.79. The maximum Gasteiger partial charge on any atom is 0.329 e. The van der Waals surface area contributed by atoms with Gasteiger partial charge in [-0.25, -0.2) is 4.79 Å². The summed E-state index contributed by atoms with van der Waals surface area (Å²) in [6.07, 6.45) is 0.658. The van der Waals surface area contributed by atoms with Crippen molar-refractivity contribution < 1.29 is 14.3 Å². The molecule has 4 nitrogen and oxygen atoms in total. The van der Waals surface area contributed by atoms with Gasteiger partial charge >= 0.3 is 5.97 Å². The van der Waals surface area contributed by atoms with Crippen LogP contribution in [0.4, 0.5) is 0 Å². The third-order valence-corrected chi connectivity index (χ3v) is 3.75. The molecule has 2 aromatic carbocycles. The van der Waals surface area contributed by atoms with Gasteiger partial charge in [0.25, 0.3) is 0 Å². The molecule has 0 saturated heterocycles. The highest BCUT2D eigenvalue weighted by molar-refractivity contribution is 7.80. The fourth-order valence-corrected chi connectivity index (χ4v) is 2.38. The van der Waals surface area contributed by atoms with Crippen molar-refractivity contribution in [1.82, 2.24) is 0 Å². The van der Waals surface area contributed by atoms with E-state index in [2.05, 4.69) is 12.6 Å². The van der Waals surface area contributed by atoms with Crippen molar-refractivity contribution >= 4 is 18.6 Å². The second-order valence-electron chi connectivity index (χ2n) is 4.83. The van der Waals surface area contributed by atoms with Gasteiger partial charge in [0.1, 0.15) is 23.3 Å². The van der Waals surface area contributed by atoms with Crippen LogP contribution in [0, 0.1) is 0 Å². The van der Waals surface area contributed by atoms with Crippen LogP contribution < -0.4 is 15.2 Å². The summed E-state index contributed by atoms with van der Waals surface area (Å²) in [7, 11) is 0. The summed E-state index contributed by atoms with van der Waals surface area (Å²) in [6.45, 7) is 0. The van der Waals surface area contributed by atoms with Crippen molar-refractivity contribution in [3.05, 3.63) is 53.6 Å². The first kappa shape index (κ1) is 14.0. The minimum Gasteiger partial charge on any atom is -0.457 e. The monoisotopic (exact) mass is 301 g/mol. The lowest BCUT2D eigenvalue weighted by molar-refractivity contribution is -0.135. The number of hydrogen-bond acceptors (Lipinski definition) is 5. The molecule has 0 unspecified atom stereocenters. The standard InChI is InChI=1S/C16H15NO3S/c17-12(9-21)16(18)20-15-7-3-6-14-11(15)8-10-4-1-2-5-13(10)19-14/h1-7,12,21H,8-9,17H2/t12-/m0/s1. The van der Waals surface area contributed by atoms with Gasteiger partial charge in [-0.3, -0.25) is 0 Å². The molecule has 0 amide bonds. The molecule has 1 aliphatic rings. The van der Waals surface area contributed by atoms with Crippen LogP contribution >= 0.6 is 12.6 Å². The summed E-state index contributed by atoms with van der Waals surface area (Å²) < 4.78 is 11.2. The van der Waals surface area contributed by atoms with Gasteiger partial charge in [0, 0.05) is 17.7 Å². The largest absolute Gasteiger partial charge is 0.457 e. The number of benzene rings is 2. The van der Waals surface area contributed by atoms with E-state index in [0.29, 0.717) is 17.9 Å². The number of fused-ring (bicyclic) bond motifs is 2. The highest BCUT2D eigenvalue weighted by Gasteiger charge is 2.22. The van der Waals surface area contributed by atoms with Crippen molar-refractivity contribution in [3.8, 4) is 17.2 Å². The van der Waals surface area contributed by atoms with Crippen LogP contribution in [0.2, 0.25) is 0 Å². The van der Waals surface area contributed by atoms with E-state index in [-0.39, 0.29) is 5.75 Å². The molecule has 0 spiro atoms. The number of thiol groups is 1. The molecule has 0 aliphatic carbocycles. The van der Waals surface area contributed by atoms with Gasteiger partial charge in [0.05, 0.1) is 0 Å². The van der Waals surface area contributed by atoms with E-state index in [4.69, 9.17) is 15.2 Å². The predicted octanol–water partition coefficient (Wildman–Crippen LogP) is 2.55. The summed E-state index contributed by atoms with van der Waals surface area (Å²) in [5, 5.41) is 0. The predicted molar refractivity (Wildman–Crippen MR) is 83.2 cm³/mol. The van der Waals surface area contributed by atoms with Crippen molar-refractivity contribution in [3.63, 3.8) is 0 Å². The normalized spacial score (nSPS) is 13.6. The van der Waals surface area contributed by atoms with E-state index in [1.165, 1.54) is 0 Å². The molecule has 3 rings (SSSR count). The van der Waals surface area contributed by atoms with Crippen LogP contribution in [-0.4, -0.2) is 17.8 Å². The molecule has 0 fully saturated rings. The number of esters is 1. The Morgan fingerprint density at radius 2 is 2.00 bits per heavy atom. The molecule has 0 saturated carbocycles. The van der Waals surface area contributed by atoms with Gasteiger partial charge in [-0.2, -0.15) is 12.6 Å². The van der Waals surface area contributed by atoms with E-state index in [9.17, 15) is 4.79 Å². The fraction of sp³-hybridized carbons (Fsp3) is 0.188. The van der Waals surface area contributed by atoms with Gasteiger partial charge < -0.3 is 15.2 Å². The lowest BCUT2D eigenvalue weighted by atomic mass is 9.99. The number of rotatable bonds is 3. The lowest BCUT2D eigenvalue weighted by Gasteiger charge is -2.22. The Morgan fingerprint density at radius 1 is 1.24 bits per heavy atom. The Hall–Kier alpha value is -1.98. The van der Waals surface area contributed by atoms with Crippen LogP contribution in [0.25, 0.3) is 0 Å². The summed E-state index contributed by atoms with van der Waals surface area (Å²) in [6, 6.07) is 12.5. The number of carbonyl (C=O) groups excluding carboxylic acids is 1. The Kier molecular flexibility index (Phi) is 3.86. The van der Waals surface area contributed by atoms with Crippen LogP contribution in [0.1, 0.15) is 11.1 Å². The van der Waals surface area contributed by atoms with E-state index in [1.807, 2.05) is 30.3 Å². The Bertz CT molecular complexity index is 687. The van der Waals surface area contributed by atoms with E-state index >= 15 is 0 Å². The molecule has 0 radical (unpaired) electrons. The zero-order chi connectivity index (χ0) is 14.8. The molecule has 1 heterocycles. The molecule has 108 valence electrons. The summed E-state index contributed by atoms with van der Waals surface area (Å²) >= 11 is 4.01. The number of nitrogens with two attached hydrogens (primary N) is 1. The minimum atomic E-state index is -0.735. The highest BCUT2D eigenvalue weighted by Crippen LogP contribution is 2.40. The first-order valence-corrected chi connectivity index (χ1v) is 7.28. The zero-order valence-electron chi connectivity index (χ0n) is 11.3. The smallest absolute Gasteiger partial charge is 0.329 e. The van der Waals surface area contributed by atoms with Crippen LogP contribution in [0.15, 0.2) is 42.5 Å². The highest BCUT2D eigenvalue weighted by atomic mass is 32.1. The molecule has 0 aromatic heterocycles. The Balaban J connectivity index is 1.91. The molecule has 2 aromatic rings.